The van der Waals surface area contributed by atoms with Gasteiger partial charge in [-0.1, -0.05) is 31.5 Å². The van der Waals surface area contributed by atoms with E-state index >= 15 is 0 Å². The molecule has 3 nitrogen and oxygen atoms in total. The van der Waals surface area contributed by atoms with Gasteiger partial charge in [0.2, 0.25) is 0 Å². The van der Waals surface area contributed by atoms with Crippen LogP contribution in [0.15, 0.2) is 24.3 Å². The summed E-state index contributed by atoms with van der Waals surface area (Å²) in [7, 11) is 0. The minimum absolute atomic E-state index is 0.548. The zero-order valence-corrected chi connectivity index (χ0v) is 11.8. The standard InChI is InChI=1S/C16H24N2O/c1-2-5-13-12-18(10-9-17-13)15-8-11-19-16-7-4-3-6-14(15)16/h3-4,6-7,13,15,17H,2,5,8-12H2,1H3. The van der Waals surface area contributed by atoms with Crippen molar-refractivity contribution < 1.29 is 4.74 Å². The van der Waals surface area contributed by atoms with Crippen LogP contribution >= 0.6 is 0 Å². The third-order valence-electron chi connectivity index (χ3n) is 4.29. The van der Waals surface area contributed by atoms with E-state index in [0.29, 0.717) is 12.1 Å². The molecular formula is C16H24N2O. The van der Waals surface area contributed by atoms with Crippen LogP contribution in [0.3, 0.4) is 0 Å². The molecule has 0 saturated carbocycles. The Bertz CT molecular complexity index is 419. The SMILES string of the molecule is CCCC1CN(C2CCOc3ccccc32)CCN1. The van der Waals surface area contributed by atoms with E-state index in [-0.39, 0.29) is 0 Å². The smallest absolute Gasteiger partial charge is 0.124 e. The lowest BCUT2D eigenvalue weighted by atomic mass is 9.97. The summed E-state index contributed by atoms with van der Waals surface area (Å²) in [6, 6.07) is 9.74. The summed E-state index contributed by atoms with van der Waals surface area (Å²) in [5.41, 5.74) is 1.38. The highest BCUT2D eigenvalue weighted by atomic mass is 16.5. The second-order valence-electron chi connectivity index (χ2n) is 5.63. The molecule has 0 aliphatic carbocycles. The van der Waals surface area contributed by atoms with Gasteiger partial charge in [0.1, 0.15) is 5.75 Å². The number of para-hydroxylation sites is 1. The van der Waals surface area contributed by atoms with E-state index in [1.54, 1.807) is 0 Å². The van der Waals surface area contributed by atoms with E-state index in [1.807, 2.05) is 0 Å². The zero-order valence-electron chi connectivity index (χ0n) is 11.8. The molecule has 0 aromatic heterocycles. The normalized spacial score (nSPS) is 27.6. The summed E-state index contributed by atoms with van der Waals surface area (Å²) >= 11 is 0. The average Bonchev–Trinajstić information content (AvgIpc) is 2.47. The van der Waals surface area contributed by atoms with Crippen molar-refractivity contribution >= 4 is 0 Å². The van der Waals surface area contributed by atoms with Crippen LogP contribution in [-0.4, -0.2) is 37.2 Å². The Hall–Kier alpha value is -1.06. The van der Waals surface area contributed by atoms with Gasteiger partial charge in [0.15, 0.2) is 0 Å². The van der Waals surface area contributed by atoms with Gasteiger partial charge in [0.25, 0.3) is 0 Å². The lowest BCUT2D eigenvalue weighted by molar-refractivity contribution is 0.104. The first kappa shape index (κ1) is 12.9. The van der Waals surface area contributed by atoms with Gasteiger partial charge < -0.3 is 10.1 Å². The van der Waals surface area contributed by atoms with Crippen molar-refractivity contribution in [3.8, 4) is 5.75 Å². The van der Waals surface area contributed by atoms with Crippen LogP contribution in [0.25, 0.3) is 0 Å². The Balaban J connectivity index is 1.75. The molecule has 1 N–H and O–H groups in total. The molecule has 1 fully saturated rings. The number of piperazine rings is 1. The molecule has 1 aromatic carbocycles. The molecule has 3 rings (SSSR count). The van der Waals surface area contributed by atoms with Crippen molar-refractivity contribution in [2.45, 2.75) is 38.3 Å². The summed E-state index contributed by atoms with van der Waals surface area (Å²) in [6.45, 7) is 6.56. The van der Waals surface area contributed by atoms with Gasteiger partial charge in [-0.05, 0) is 12.5 Å². The Morgan fingerprint density at radius 3 is 3.16 bits per heavy atom. The van der Waals surface area contributed by atoms with Gasteiger partial charge in [0.05, 0.1) is 6.61 Å². The molecule has 2 aliphatic rings. The van der Waals surface area contributed by atoms with Gasteiger partial charge in [-0.15, -0.1) is 0 Å². The molecule has 1 saturated heterocycles. The number of rotatable bonds is 3. The van der Waals surface area contributed by atoms with Crippen LogP contribution < -0.4 is 10.1 Å². The molecule has 3 heteroatoms. The molecule has 104 valence electrons. The van der Waals surface area contributed by atoms with Crippen molar-refractivity contribution in [1.29, 1.82) is 0 Å². The summed E-state index contributed by atoms with van der Waals surface area (Å²) in [6.07, 6.45) is 3.66. The molecule has 2 atom stereocenters. The average molecular weight is 260 g/mol. The number of hydrogen-bond acceptors (Lipinski definition) is 3. The quantitative estimate of drug-likeness (QED) is 0.904. The van der Waals surface area contributed by atoms with E-state index in [4.69, 9.17) is 4.74 Å². The number of hydrogen-bond donors (Lipinski definition) is 1. The topological polar surface area (TPSA) is 24.5 Å². The van der Waals surface area contributed by atoms with Gasteiger partial charge in [0, 0.05) is 43.7 Å². The fourth-order valence-corrected chi connectivity index (χ4v) is 3.38. The van der Waals surface area contributed by atoms with Crippen molar-refractivity contribution in [3.63, 3.8) is 0 Å². The van der Waals surface area contributed by atoms with Crippen LogP contribution in [-0.2, 0) is 0 Å². The molecule has 0 bridgehead atoms. The second kappa shape index (κ2) is 5.93. The first-order valence-corrected chi connectivity index (χ1v) is 7.57. The number of benzene rings is 1. The first-order chi connectivity index (χ1) is 9.38. The minimum Gasteiger partial charge on any atom is -0.493 e. The number of ether oxygens (including phenoxy) is 1. The maximum Gasteiger partial charge on any atom is 0.124 e. The molecule has 0 radical (unpaired) electrons. The van der Waals surface area contributed by atoms with Gasteiger partial charge in [-0.3, -0.25) is 4.90 Å². The van der Waals surface area contributed by atoms with E-state index in [1.165, 1.54) is 24.9 Å². The Morgan fingerprint density at radius 2 is 2.26 bits per heavy atom. The maximum absolute atomic E-state index is 5.78. The molecule has 2 aliphatic heterocycles. The Labute approximate surface area is 115 Å². The minimum atomic E-state index is 0.548. The highest BCUT2D eigenvalue weighted by Crippen LogP contribution is 2.36. The molecule has 2 unspecified atom stereocenters. The summed E-state index contributed by atoms with van der Waals surface area (Å²) in [4.78, 5) is 2.65. The largest absolute Gasteiger partial charge is 0.493 e. The zero-order chi connectivity index (χ0) is 13.1. The van der Waals surface area contributed by atoms with Crippen molar-refractivity contribution in [3.05, 3.63) is 29.8 Å². The maximum atomic E-state index is 5.78. The fraction of sp³-hybridized carbons (Fsp3) is 0.625. The first-order valence-electron chi connectivity index (χ1n) is 7.57. The second-order valence-corrected chi connectivity index (χ2v) is 5.63. The predicted molar refractivity (Wildman–Crippen MR) is 77.6 cm³/mol. The lowest BCUT2D eigenvalue weighted by Gasteiger charge is -2.41. The molecule has 19 heavy (non-hydrogen) atoms. The highest BCUT2D eigenvalue weighted by molar-refractivity contribution is 5.37. The molecule has 0 amide bonds. The Kier molecular flexibility index (Phi) is 4.04. The van der Waals surface area contributed by atoms with Gasteiger partial charge >= 0.3 is 0 Å². The van der Waals surface area contributed by atoms with E-state index in [0.717, 1.165) is 31.9 Å². The Morgan fingerprint density at radius 1 is 1.37 bits per heavy atom. The van der Waals surface area contributed by atoms with Gasteiger partial charge in [-0.25, -0.2) is 0 Å². The van der Waals surface area contributed by atoms with Crippen LogP contribution in [0.1, 0.15) is 37.8 Å². The van der Waals surface area contributed by atoms with E-state index in [2.05, 4.69) is 41.4 Å². The summed E-state index contributed by atoms with van der Waals surface area (Å²) in [5, 5.41) is 3.64. The van der Waals surface area contributed by atoms with Crippen LogP contribution in [0.5, 0.6) is 5.75 Å². The van der Waals surface area contributed by atoms with Crippen molar-refractivity contribution in [1.82, 2.24) is 10.2 Å². The van der Waals surface area contributed by atoms with Crippen molar-refractivity contribution in [2.24, 2.45) is 0 Å². The predicted octanol–water partition coefficient (Wildman–Crippen LogP) is 2.58. The van der Waals surface area contributed by atoms with Crippen LogP contribution in [0.4, 0.5) is 0 Å². The lowest BCUT2D eigenvalue weighted by Crippen LogP contribution is -2.52. The molecule has 1 aromatic rings. The highest BCUT2D eigenvalue weighted by Gasteiger charge is 2.30. The van der Waals surface area contributed by atoms with Crippen LogP contribution in [0, 0.1) is 0 Å². The monoisotopic (exact) mass is 260 g/mol. The van der Waals surface area contributed by atoms with E-state index in [9.17, 15) is 0 Å². The summed E-state index contributed by atoms with van der Waals surface area (Å²) < 4.78 is 5.78. The van der Waals surface area contributed by atoms with Crippen LogP contribution in [0.2, 0.25) is 0 Å². The molecule has 0 spiro atoms. The van der Waals surface area contributed by atoms with E-state index < -0.39 is 0 Å². The fourth-order valence-electron chi connectivity index (χ4n) is 3.38. The third-order valence-corrected chi connectivity index (χ3v) is 4.29. The van der Waals surface area contributed by atoms with Gasteiger partial charge in [-0.2, -0.15) is 0 Å². The summed E-state index contributed by atoms with van der Waals surface area (Å²) in [5.74, 6) is 1.09. The number of nitrogens with one attached hydrogen (secondary N) is 1. The molecular weight excluding hydrogens is 236 g/mol. The van der Waals surface area contributed by atoms with Crippen molar-refractivity contribution in [2.75, 3.05) is 26.2 Å². The number of nitrogens with zero attached hydrogens (tertiary/aromatic N) is 1. The molecule has 2 heterocycles. The third kappa shape index (κ3) is 2.77. The number of fused-ring (bicyclic) bond motifs is 1.